The number of hydrogen-bond donors (Lipinski definition) is 1. The summed E-state index contributed by atoms with van der Waals surface area (Å²) in [6.07, 6.45) is 1.74. The van der Waals surface area contributed by atoms with Gasteiger partial charge in [-0.3, -0.25) is 4.79 Å². The molecule has 1 fully saturated rings. The van der Waals surface area contributed by atoms with E-state index in [2.05, 4.69) is 42.2 Å². The van der Waals surface area contributed by atoms with Gasteiger partial charge in [-0.15, -0.1) is 0 Å². The zero-order valence-corrected chi connectivity index (χ0v) is 22.0. The van der Waals surface area contributed by atoms with Crippen LogP contribution in [0.2, 0.25) is 10.0 Å². The van der Waals surface area contributed by atoms with Gasteiger partial charge in [0.05, 0.1) is 29.6 Å². The lowest BCUT2D eigenvalue weighted by Crippen LogP contribution is -2.19. The molecule has 4 nitrogen and oxygen atoms in total. The molecule has 0 bridgehead atoms. The number of thioether (sulfide) groups is 1. The summed E-state index contributed by atoms with van der Waals surface area (Å²) in [5, 5.41) is 3.84. The normalized spacial score (nSPS) is 15.8. The van der Waals surface area contributed by atoms with Gasteiger partial charge < -0.3 is 10.1 Å². The second-order valence-corrected chi connectivity index (χ2v) is 10.3. The van der Waals surface area contributed by atoms with Crippen LogP contribution in [0.25, 0.3) is 6.08 Å². The van der Waals surface area contributed by atoms with Gasteiger partial charge in [-0.25, -0.2) is 9.38 Å². The minimum atomic E-state index is -0.316. The third-order valence-electron chi connectivity index (χ3n) is 4.39. The highest BCUT2D eigenvalue weighted by Gasteiger charge is 2.24. The number of halogens is 5. The molecule has 1 saturated heterocycles. The largest absolute Gasteiger partial charge is 0.487 e. The Hall–Kier alpha value is -1.84. The van der Waals surface area contributed by atoms with E-state index in [4.69, 9.17) is 27.9 Å². The standard InChI is InChI=1S/C23H13Br2Cl2FN2O2S/c24-15-8-13(9-16(25)21(15)32-11-12-3-1-4-14(28)7-12)10-19-22(31)30-23(33-19)29-18-6-2-5-17(26)20(18)27/h1-10H,11H2,(H,29,30,31)/b19-10-. The third kappa shape index (κ3) is 6.00. The summed E-state index contributed by atoms with van der Waals surface area (Å²) in [4.78, 5) is 17.3. The van der Waals surface area contributed by atoms with E-state index in [-0.39, 0.29) is 18.3 Å². The molecule has 0 atom stereocenters. The number of nitrogens with one attached hydrogen (secondary N) is 1. The number of amidine groups is 1. The van der Waals surface area contributed by atoms with Crippen molar-refractivity contribution >= 4 is 89.7 Å². The maximum Gasteiger partial charge on any atom is 0.264 e. The van der Waals surface area contributed by atoms with Crippen LogP contribution in [0.4, 0.5) is 10.1 Å². The van der Waals surface area contributed by atoms with E-state index in [1.54, 1.807) is 36.4 Å². The molecular formula is C23H13Br2Cl2FN2O2S. The molecule has 168 valence electrons. The first kappa shape index (κ1) is 24.3. The first-order valence-electron chi connectivity index (χ1n) is 9.40. The van der Waals surface area contributed by atoms with Crippen LogP contribution in [0.5, 0.6) is 5.75 Å². The van der Waals surface area contributed by atoms with Crippen LogP contribution in [-0.2, 0) is 11.4 Å². The predicted octanol–water partition coefficient (Wildman–Crippen LogP) is 8.13. The molecule has 3 aromatic rings. The van der Waals surface area contributed by atoms with Crippen LogP contribution in [0.15, 0.2) is 73.4 Å². The van der Waals surface area contributed by atoms with Gasteiger partial charge in [0.2, 0.25) is 0 Å². The summed E-state index contributed by atoms with van der Waals surface area (Å²) in [7, 11) is 0. The van der Waals surface area contributed by atoms with Gasteiger partial charge in [0, 0.05) is 0 Å². The van der Waals surface area contributed by atoms with E-state index < -0.39 is 0 Å². The number of rotatable bonds is 5. The zero-order chi connectivity index (χ0) is 23.5. The van der Waals surface area contributed by atoms with Gasteiger partial charge in [-0.1, -0.05) is 41.4 Å². The summed E-state index contributed by atoms with van der Waals surface area (Å²) in [5.41, 5.74) is 1.95. The molecule has 1 aliphatic heterocycles. The summed E-state index contributed by atoms with van der Waals surface area (Å²) < 4.78 is 20.6. The van der Waals surface area contributed by atoms with Crippen LogP contribution < -0.4 is 10.1 Å². The molecule has 1 amide bonds. The van der Waals surface area contributed by atoms with Crippen molar-refractivity contribution in [1.29, 1.82) is 0 Å². The Kier molecular flexibility index (Phi) is 7.81. The summed E-state index contributed by atoms with van der Waals surface area (Å²) in [6, 6.07) is 15.0. The predicted molar refractivity (Wildman–Crippen MR) is 140 cm³/mol. The molecule has 3 aromatic carbocycles. The Morgan fingerprint density at radius 3 is 2.55 bits per heavy atom. The number of hydrogen-bond acceptors (Lipinski definition) is 4. The van der Waals surface area contributed by atoms with Gasteiger partial charge in [0.25, 0.3) is 5.91 Å². The highest BCUT2D eigenvalue weighted by atomic mass is 79.9. The third-order valence-corrected chi connectivity index (χ3v) is 7.29. The van der Waals surface area contributed by atoms with Crippen molar-refractivity contribution in [2.45, 2.75) is 6.61 Å². The molecule has 0 saturated carbocycles. The van der Waals surface area contributed by atoms with Gasteiger partial charge in [-0.2, -0.15) is 0 Å². The lowest BCUT2D eigenvalue weighted by atomic mass is 10.2. The van der Waals surface area contributed by atoms with Crippen molar-refractivity contribution in [3.05, 3.63) is 95.4 Å². The monoisotopic (exact) mass is 628 g/mol. The Balaban J connectivity index is 1.52. The maximum absolute atomic E-state index is 13.4. The Labute approximate surface area is 220 Å². The van der Waals surface area contributed by atoms with Gasteiger partial charge in [-0.05, 0) is 97.2 Å². The fourth-order valence-corrected chi connectivity index (χ4v) is 5.53. The molecule has 0 unspecified atom stereocenters. The molecule has 1 aliphatic rings. The first-order valence-corrected chi connectivity index (χ1v) is 12.6. The molecular weight excluding hydrogens is 618 g/mol. The van der Waals surface area contributed by atoms with Crippen molar-refractivity contribution < 1.29 is 13.9 Å². The number of ether oxygens (including phenoxy) is 1. The van der Waals surface area contributed by atoms with Crippen molar-refractivity contribution in [1.82, 2.24) is 5.32 Å². The second kappa shape index (κ2) is 10.6. The molecule has 0 aliphatic carbocycles. The Morgan fingerprint density at radius 1 is 1.09 bits per heavy atom. The number of carbonyl (C=O) groups excluding carboxylic acids is 1. The molecule has 0 radical (unpaired) electrons. The minimum absolute atomic E-state index is 0.208. The van der Waals surface area contributed by atoms with E-state index in [0.717, 1.165) is 5.56 Å². The van der Waals surface area contributed by atoms with Crippen LogP contribution in [0.1, 0.15) is 11.1 Å². The van der Waals surface area contributed by atoms with Gasteiger partial charge in [0.1, 0.15) is 18.2 Å². The van der Waals surface area contributed by atoms with Crippen LogP contribution in [0, 0.1) is 5.82 Å². The number of nitrogens with zero attached hydrogens (tertiary/aromatic N) is 1. The van der Waals surface area contributed by atoms with E-state index in [0.29, 0.717) is 46.1 Å². The minimum Gasteiger partial charge on any atom is -0.487 e. The lowest BCUT2D eigenvalue weighted by Gasteiger charge is -2.11. The number of aliphatic imine (C=N–C) groups is 1. The maximum atomic E-state index is 13.4. The molecule has 10 heteroatoms. The summed E-state index contributed by atoms with van der Waals surface area (Å²) in [5.74, 6) is -0.0116. The van der Waals surface area contributed by atoms with Crippen molar-refractivity contribution in [3.8, 4) is 5.75 Å². The van der Waals surface area contributed by atoms with Crippen molar-refractivity contribution in [3.63, 3.8) is 0 Å². The first-order chi connectivity index (χ1) is 15.8. The van der Waals surface area contributed by atoms with Crippen molar-refractivity contribution in [2.75, 3.05) is 0 Å². The molecule has 1 N–H and O–H groups in total. The van der Waals surface area contributed by atoms with Crippen LogP contribution >= 0.6 is 66.8 Å². The Morgan fingerprint density at radius 2 is 1.82 bits per heavy atom. The van der Waals surface area contributed by atoms with Crippen LogP contribution in [-0.4, -0.2) is 11.1 Å². The summed E-state index contributed by atoms with van der Waals surface area (Å²) in [6.45, 7) is 0.208. The smallest absolute Gasteiger partial charge is 0.264 e. The fourth-order valence-electron chi connectivity index (χ4n) is 2.90. The molecule has 0 aromatic heterocycles. The van der Waals surface area contributed by atoms with Crippen LogP contribution in [0.3, 0.4) is 0 Å². The Bertz CT molecular complexity index is 1290. The zero-order valence-electron chi connectivity index (χ0n) is 16.5. The van der Waals surface area contributed by atoms with E-state index >= 15 is 0 Å². The topological polar surface area (TPSA) is 50.7 Å². The average molecular weight is 631 g/mol. The molecule has 0 spiro atoms. The van der Waals surface area contributed by atoms with Gasteiger partial charge >= 0.3 is 0 Å². The van der Waals surface area contributed by atoms with Gasteiger partial charge in [0.15, 0.2) is 5.17 Å². The lowest BCUT2D eigenvalue weighted by molar-refractivity contribution is -0.115. The second-order valence-electron chi connectivity index (χ2n) is 6.79. The average Bonchev–Trinajstić information content (AvgIpc) is 3.09. The summed E-state index contributed by atoms with van der Waals surface area (Å²) >= 11 is 20.4. The highest BCUT2D eigenvalue weighted by molar-refractivity contribution is 9.11. The number of benzene rings is 3. The SMILES string of the molecule is O=C1NC(=Nc2cccc(Cl)c2Cl)S/C1=C\c1cc(Br)c(OCc2cccc(F)c2)c(Br)c1. The highest BCUT2D eigenvalue weighted by Crippen LogP contribution is 2.38. The van der Waals surface area contributed by atoms with E-state index in [9.17, 15) is 9.18 Å². The van der Waals surface area contributed by atoms with E-state index in [1.165, 1.54) is 23.9 Å². The number of amides is 1. The molecule has 1 heterocycles. The number of carbonyl (C=O) groups is 1. The van der Waals surface area contributed by atoms with Crippen molar-refractivity contribution in [2.24, 2.45) is 4.99 Å². The molecule has 4 rings (SSSR count). The fraction of sp³-hybridized carbons (Fsp3) is 0.0435. The van der Waals surface area contributed by atoms with E-state index in [1.807, 2.05) is 12.1 Å². The molecule has 33 heavy (non-hydrogen) atoms. The quantitative estimate of drug-likeness (QED) is 0.290.